The molecule has 3 heteroatoms. The van der Waals surface area contributed by atoms with E-state index in [1.165, 1.54) is 60.6 Å². The molecule has 0 saturated carbocycles. The highest BCUT2D eigenvalue weighted by atomic mass is 16.5. The molecule has 0 aliphatic heterocycles. The molecule has 0 fully saturated rings. The summed E-state index contributed by atoms with van der Waals surface area (Å²) in [5.41, 5.74) is 6.82. The summed E-state index contributed by atoms with van der Waals surface area (Å²) in [6, 6.07) is 17.2. The molecule has 0 spiro atoms. The van der Waals surface area contributed by atoms with Crippen molar-refractivity contribution in [1.29, 1.82) is 0 Å². The van der Waals surface area contributed by atoms with Crippen LogP contribution < -0.4 is 4.74 Å². The van der Waals surface area contributed by atoms with Crippen LogP contribution in [0.1, 0.15) is 68.1 Å². The molecule has 160 valence electrons. The van der Waals surface area contributed by atoms with Crippen LogP contribution in [0.25, 0.3) is 5.57 Å². The molecule has 0 N–H and O–H groups in total. The maximum atomic E-state index is 11.2. The lowest BCUT2D eigenvalue weighted by Gasteiger charge is -2.20. The van der Waals surface area contributed by atoms with Gasteiger partial charge in [0.25, 0.3) is 0 Å². The molecule has 0 aromatic heterocycles. The fourth-order valence-electron chi connectivity index (χ4n) is 4.12. The highest BCUT2D eigenvalue weighted by Crippen LogP contribution is 2.31. The first kappa shape index (κ1) is 22.1. The number of hydrogen-bond donors (Lipinski definition) is 0. The lowest BCUT2D eigenvalue weighted by atomic mass is 9.89. The predicted octanol–water partition coefficient (Wildman–Crippen LogP) is 6.68. The Morgan fingerprint density at radius 1 is 0.967 bits per heavy atom. The van der Waals surface area contributed by atoms with Crippen LogP contribution >= 0.6 is 0 Å². The Balaban J connectivity index is 1.65. The molecule has 0 amide bonds. The normalized spacial score (nSPS) is 17.1. The maximum Gasteiger partial charge on any atom is 0.305 e. The number of methoxy groups -OCH3 is 1. The molecule has 0 atom stereocenters. The summed E-state index contributed by atoms with van der Waals surface area (Å²) in [4.78, 5) is 11.2. The second-order valence-corrected chi connectivity index (χ2v) is 8.23. The fraction of sp³-hybridized carbons (Fsp3) is 0.444. The molecule has 0 saturated heterocycles. The summed E-state index contributed by atoms with van der Waals surface area (Å²) in [7, 11) is 1.43. The van der Waals surface area contributed by atoms with Crippen molar-refractivity contribution in [2.24, 2.45) is 0 Å². The number of carbonyl (C=O) groups excluding carboxylic acids is 1. The van der Waals surface area contributed by atoms with E-state index in [-0.39, 0.29) is 5.97 Å². The summed E-state index contributed by atoms with van der Waals surface area (Å²) >= 11 is 0. The molecular formula is C27H34O3. The molecule has 0 radical (unpaired) electrons. The Kier molecular flexibility index (Phi) is 8.55. The summed E-state index contributed by atoms with van der Waals surface area (Å²) in [6.07, 6.45) is 9.53. The number of esters is 1. The van der Waals surface area contributed by atoms with Gasteiger partial charge in [0.05, 0.1) is 7.11 Å². The van der Waals surface area contributed by atoms with Crippen LogP contribution in [0.5, 0.6) is 5.75 Å². The van der Waals surface area contributed by atoms with E-state index in [1.807, 2.05) is 12.1 Å². The number of aryl methyl sites for hydroxylation is 2. The van der Waals surface area contributed by atoms with Gasteiger partial charge < -0.3 is 9.47 Å². The number of allylic oxidation sites excluding steroid dienone is 1. The Hall–Kier alpha value is -2.55. The van der Waals surface area contributed by atoms with Crippen LogP contribution in [-0.2, 0) is 16.0 Å². The molecule has 3 rings (SSSR count). The van der Waals surface area contributed by atoms with Crippen molar-refractivity contribution in [2.45, 2.75) is 64.7 Å². The van der Waals surface area contributed by atoms with Gasteiger partial charge in [0.1, 0.15) is 12.4 Å². The largest absolute Gasteiger partial charge is 0.489 e. The zero-order valence-corrected chi connectivity index (χ0v) is 18.4. The first-order chi connectivity index (χ1) is 14.7. The first-order valence-electron chi connectivity index (χ1n) is 11.2. The van der Waals surface area contributed by atoms with E-state index in [9.17, 15) is 4.79 Å². The number of benzene rings is 2. The van der Waals surface area contributed by atoms with Gasteiger partial charge in [-0.05, 0) is 79.9 Å². The van der Waals surface area contributed by atoms with E-state index in [2.05, 4.69) is 43.3 Å². The van der Waals surface area contributed by atoms with Crippen LogP contribution in [0.3, 0.4) is 0 Å². The van der Waals surface area contributed by atoms with Gasteiger partial charge in [-0.25, -0.2) is 0 Å². The molecule has 2 aromatic rings. The van der Waals surface area contributed by atoms with Crippen LogP contribution in [0, 0.1) is 6.92 Å². The van der Waals surface area contributed by atoms with Gasteiger partial charge in [-0.2, -0.15) is 0 Å². The highest BCUT2D eigenvalue weighted by molar-refractivity contribution is 5.70. The zero-order chi connectivity index (χ0) is 21.2. The quantitative estimate of drug-likeness (QED) is 0.459. The standard InChI is InChI=1S/C27H34O3/c1-21-9-7-12-23(19-21)26-13-6-4-3-5-11-24(26)20-30-25-17-15-22(16-18-25)10-8-14-27(28)29-2/h7,9,12,15-19H,3-6,8,10-11,13-14,20H2,1-2H3/b26-24-. The Morgan fingerprint density at radius 3 is 2.47 bits per heavy atom. The smallest absolute Gasteiger partial charge is 0.305 e. The van der Waals surface area contributed by atoms with E-state index >= 15 is 0 Å². The minimum absolute atomic E-state index is 0.146. The van der Waals surface area contributed by atoms with Crippen molar-refractivity contribution < 1.29 is 14.3 Å². The summed E-state index contributed by atoms with van der Waals surface area (Å²) < 4.78 is 10.9. The second-order valence-electron chi connectivity index (χ2n) is 8.23. The third kappa shape index (κ3) is 6.76. The molecular weight excluding hydrogens is 372 g/mol. The lowest BCUT2D eigenvalue weighted by molar-refractivity contribution is -0.140. The number of rotatable bonds is 8. The van der Waals surface area contributed by atoms with Crippen LogP contribution in [0.4, 0.5) is 0 Å². The van der Waals surface area contributed by atoms with E-state index in [4.69, 9.17) is 9.47 Å². The van der Waals surface area contributed by atoms with Gasteiger partial charge in [-0.3, -0.25) is 4.79 Å². The molecule has 0 bridgehead atoms. The van der Waals surface area contributed by atoms with E-state index < -0.39 is 0 Å². The highest BCUT2D eigenvalue weighted by Gasteiger charge is 2.13. The Bertz CT molecular complexity index is 849. The zero-order valence-electron chi connectivity index (χ0n) is 18.4. The van der Waals surface area contributed by atoms with Gasteiger partial charge in [0, 0.05) is 6.42 Å². The van der Waals surface area contributed by atoms with Crippen molar-refractivity contribution in [3.05, 3.63) is 70.8 Å². The van der Waals surface area contributed by atoms with E-state index in [0.717, 1.165) is 31.4 Å². The molecule has 3 nitrogen and oxygen atoms in total. The monoisotopic (exact) mass is 406 g/mol. The van der Waals surface area contributed by atoms with Crippen molar-refractivity contribution in [3.63, 3.8) is 0 Å². The molecule has 2 aromatic carbocycles. The van der Waals surface area contributed by atoms with Gasteiger partial charge in [-0.1, -0.05) is 54.8 Å². The Labute approximate surface area is 181 Å². The number of carbonyl (C=O) groups is 1. The van der Waals surface area contributed by atoms with Crippen molar-refractivity contribution in [3.8, 4) is 5.75 Å². The van der Waals surface area contributed by atoms with Crippen LogP contribution in [-0.4, -0.2) is 19.7 Å². The topological polar surface area (TPSA) is 35.5 Å². The maximum absolute atomic E-state index is 11.2. The predicted molar refractivity (Wildman–Crippen MR) is 123 cm³/mol. The van der Waals surface area contributed by atoms with Gasteiger partial charge in [0.15, 0.2) is 0 Å². The number of ether oxygens (including phenoxy) is 2. The van der Waals surface area contributed by atoms with Crippen LogP contribution in [0.15, 0.2) is 54.1 Å². The molecule has 1 aliphatic rings. The lowest BCUT2D eigenvalue weighted by Crippen LogP contribution is -2.07. The van der Waals surface area contributed by atoms with Crippen molar-refractivity contribution in [2.75, 3.05) is 13.7 Å². The van der Waals surface area contributed by atoms with Gasteiger partial charge in [-0.15, -0.1) is 0 Å². The molecule has 0 unspecified atom stereocenters. The minimum atomic E-state index is -0.146. The molecule has 1 aliphatic carbocycles. The summed E-state index contributed by atoms with van der Waals surface area (Å²) in [5.74, 6) is 0.761. The van der Waals surface area contributed by atoms with E-state index in [1.54, 1.807) is 0 Å². The SMILES string of the molecule is COC(=O)CCCc1ccc(OC/C2=C(\c3cccc(C)c3)CCCCCC2)cc1. The fourth-order valence-corrected chi connectivity index (χ4v) is 4.12. The summed E-state index contributed by atoms with van der Waals surface area (Å²) in [6.45, 7) is 2.82. The van der Waals surface area contributed by atoms with Gasteiger partial charge in [0.2, 0.25) is 0 Å². The Morgan fingerprint density at radius 2 is 1.73 bits per heavy atom. The third-order valence-corrected chi connectivity index (χ3v) is 5.86. The number of hydrogen-bond acceptors (Lipinski definition) is 3. The second kappa shape index (κ2) is 11.6. The van der Waals surface area contributed by atoms with Gasteiger partial charge >= 0.3 is 5.97 Å². The molecule has 30 heavy (non-hydrogen) atoms. The van der Waals surface area contributed by atoms with Crippen molar-refractivity contribution >= 4 is 11.5 Å². The average molecular weight is 407 g/mol. The minimum Gasteiger partial charge on any atom is -0.489 e. The van der Waals surface area contributed by atoms with Crippen molar-refractivity contribution in [1.82, 2.24) is 0 Å². The average Bonchev–Trinajstić information content (AvgIpc) is 2.74. The summed E-state index contributed by atoms with van der Waals surface area (Å²) in [5, 5.41) is 0. The van der Waals surface area contributed by atoms with E-state index in [0.29, 0.717) is 13.0 Å². The third-order valence-electron chi connectivity index (χ3n) is 5.86. The van der Waals surface area contributed by atoms with Crippen LogP contribution in [0.2, 0.25) is 0 Å². The first-order valence-corrected chi connectivity index (χ1v) is 11.2. The molecule has 0 heterocycles.